The van der Waals surface area contributed by atoms with E-state index in [1.54, 1.807) is 31.2 Å². The second kappa shape index (κ2) is 11.4. The molecule has 7 nitrogen and oxygen atoms in total. The molecule has 1 N–H and O–H groups in total. The van der Waals surface area contributed by atoms with Gasteiger partial charge < -0.3 is 14.8 Å². The average Bonchev–Trinajstić information content (AvgIpc) is 2.93. The second-order valence-electron chi connectivity index (χ2n) is 9.43. The minimum absolute atomic E-state index is 0.407. The normalized spacial score (nSPS) is 13.9. The molecule has 0 saturated carbocycles. The van der Waals surface area contributed by atoms with Crippen molar-refractivity contribution in [3.63, 3.8) is 0 Å². The Morgan fingerprint density at radius 2 is 1.68 bits per heavy atom. The standard InChI is InChI=1S/C31H31N3O4/c1-3-18-34-19-17-28-26(20-34)29(25-11-7-8-12-27(25)33-28)31(36)37-21(2)30(35)32-22-13-15-24(16-14-22)38-23-9-5-4-6-10-23/h4-16,21H,3,17-20H2,1-2H3,(H,32,35). The zero-order valence-corrected chi connectivity index (χ0v) is 21.6. The van der Waals surface area contributed by atoms with Gasteiger partial charge in [0.25, 0.3) is 5.91 Å². The molecular formula is C31H31N3O4. The number of hydrogen-bond acceptors (Lipinski definition) is 6. The summed E-state index contributed by atoms with van der Waals surface area (Å²) >= 11 is 0. The van der Waals surface area contributed by atoms with Crippen LogP contribution in [-0.4, -0.2) is 41.0 Å². The lowest BCUT2D eigenvalue weighted by Gasteiger charge is -2.29. The van der Waals surface area contributed by atoms with Gasteiger partial charge in [-0.05, 0) is 62.4 Å². The topological polar surface area (TPSA) is 80.8 Å². The third-order valence-electron chi connectivity index (χ3n) is 6.62. The molecule has 4 aromatic rings. The predicted octanol–water partition coefficient (Wildman–Crippen LogP) is 5.98. The molecular weight excluding hydrogens is 478 g/mol. The molecule has 1 amide bonds. The number of anilines is 1. The molecule has 0 aliphatic carbocycles. The van der Waals surface area contributed by atoms with Crippen LogP contribution >= 0.6 is 0 Å². The fourth-order valence-corrected chi connectivity index (χ4v) is 4.73. The van der Waals surface area contributed by atoms with Crippen LogP contribution in [0, 0.1) is 0 Å². The Morgan fingerprint density at radius 1 is 0.974 bits per heavy atom. The third-order valence-corrected chi connectivity index (χ3v) is 6.62. The molecule has 1 aromatic heterocycles. The third kappa shape index (κ3) is 5.68. The molecule has 0 fully saturated rings. The van der Waals surface area contributed by atoms with Crippen molar-refractivity contribution in [3.05, 3.63) is 95.7 Å². The number of hydrogen-bond donors (Lipinski definition) is 1. The van der Waals surface area contributed by atoms with E-state index in [0.29, 0.717) is 23.5 Å². The Kier molecular flexibility index (Phi) is 7.65. The number of fused-ring (bicyclic) bond motifs is 2. The first-order valence-corrected chi connectivity index (χ1v) is 13.0. The lowest BCUT2D eigenvalue weighted by Crippen LogP contribution is -2.34. The van der Waals surface area contributed by atoms with Gasteiger partial charge in [0.05, 0.1) is 11.1 Å². The molecule has 1 atom stereocenters. The van der Waals surface area contributed by atoms with Crippen LogP contribution in [0.15, 0.2) is 78.9 Å². The van der Waals surface area contributed by atoms with Gasteiger partial charge in [-0.2, -0.15) is 0 Å². The van der Waals surface area contributed by atoms with Crippen LogP contribution in [0.1, 0.15) is 41.9 Å². The van der Waals surface area contributed by atoms with Crippen LogP contribution in [0.25, 0.3) is 10.9 Å². The number of carbonyl (C=O) groups excluding carboxylic acids is 2. The lowest BCUT2D eigenvalue weighted by molar-refractivity contribution is -0.123. The number of carbonyl (C=O) groups is 2. The number of pyridine rings is 1. The Hall–Kier alpha value is -4.23. The SMILES string of the molecule is CCCN1CCc2nc3ccccc3c(C(=O)OC(C)C(=O)Nc3ccc(Oc4ccccc4)cc3)c2C1. The molecule has 38 heavy (non-hydrogen) atoms. The van der Waals surface area contributed by atoms with Gasteiger partial charge in [0.15, 0.2) is 6.10 Å². The molecule has 0 spiro atoms. The smallest absolute Gasteiger partial charge is 0.339 e. The first-order chi connectivity index (χ1) is 18.5. The molecule has 194 valence electrons. The summed E-state index contributed by atoms with van der Waals surface area (Å²) in [6.45, 7) is 6.24. The van der Waals surface area contributed by atoms with Gasteiger partial charge in [0.2, 0.25) is 0 Å². The molecule has 1 aliphatic heterocycles. The summed E-state index contributed by atoms with van der Waals surface area (Å²) in [6.07, 6.45) is 0.827. The van der Waals surface area contributed by atoms with Crippen molar-refractivity contribution in [3.8, 4) is 11.5 Å². The Labute approximate surface area is 222 Å². The molecule has 7 heteroatoms. The monoisotopic (exact) mass is 509 g/mol. The molecule has 3 aromatic carbocycles. The summed E-state index contributed by atoms with van der Waals surface area (Å²) in [5.74, 6) is 0.468. The van der Waals surface area contributed by atoms with E-state index in [2.05, 4.69) is 17.1 Å². The van der Waals surface area contributed by atoms with E-state index < -0.39 is 18.0 Å². The molecule has 1 unspecified atom stereocenters. The zero-order chi connectivity index (χ0) is 26.5. The van der Waals surface area contributed by atoms with E-state index in [-0.39, 0.29) is 0 Å². The van der Waals surface area contributed by atoms with Crippen LogP contribution < -0.4 is 10.1 Å². The summed E-state index contributed by atoms with van der Waals surface area (Å²) < 4.78 is 11.5. The fourth-order valence-electron chi connectivity index (χ4n) is 4.73. The number of para-hydroxylation sites is 2. The highest BCUT2D eigenvalue weighted by Crippen LogP contribution is 2.29. The van der Waals surface area contributed by atoms with Crippen LogP contribution in [-0.2, 0) is 22.5 Å². The Bertz CT molecular complexity index is 1440. The number of esters is 1. The molecule has 1 aliphatic rings. The van der Waals surface area contributed by atoms with Crippen LogP contribution in [0.3, 0.4) is 0 Å². The first kappa shape index (κ1) is 25.4. The summed E-state index contributed by atoms with van der Waals surface area (Å²) in [5.41, 5.74) is 3.68. The fraction of sp³-hybridized carbons (Fsp3) is 0.258. The number of nitrogens with zero attached hydrogens (tertiary/aromatic N) is 2. The van der Waals surface area contributed by atoms with Gasteiger partial charge in [-0.25, -0.2) is 4.79 Å². The van der Waals surface area contributed by atoms with E-state index in [0.717, 1.165) is 53.8 Å². The summed E-state index contributed by atoms with van der Waals surface area (Å²) in [5, 5.41) is 3.57. The minimum Gasteiger partial charge on any atom is -0.457 e. The molecule has 0 saturated heterocycles. The molecule has 5 rings (SSSR count). The van der Waals surface area contributed by atoms with Gasteiger partial charge in [0.1, 0.15) is 11.5 Å². The van der Waals surface area contributed by atoms with Gasteiger partial charge in [-0.3, -0.25) is 14.7 Å². The van der Waals surface area contributed by atoms with E-state index in [1.165, 1.54) is 0 Å². The average molecular weight is 510 g/mol. The number of ether oxygens (including phenoxy) is 2. The number of rotatable bonds is 8. The molecule has 0 bridgehead atoms. The summed E-state index contributed by atoms with van der Waals surface area (Å²) in [7, 11) is 0. The quantitative estimate of drug-likeness (QED) is 0.294. The second-order valence-corrected chi connectivity index (χ2v) is 9.43. The molecule has 0 radical (unpaired) electrons. The van der Waals surface area contributed by atoms with Crippen molar-refractivity contribution in [1.29, 1.82) is 0 Å². The van der Waals surface area contributed by atoms with E-state index in [4.69, 9.17) is 14.5 Å². The highest BCUT2D eigenvalue weighted by molar-refractivity contribution is 6.06. The van der Waals surface area contributed by atoms with Gasteiger partial charge >= 0.3 is 5.97 Å². The first-order valence-electron chi connectivity index (χ1n) is 13.0. The maximum absolute atomic E-state index is 13.5. The maximum Gasteiger partial charge on any atom is 0.339 e. The van der Waals surface area contributed by atoms with Crippen LogP contribution in [0.4, 0.5) is 5.69 Å². The number of aromatic nitrogens is 1. The minimum atomic E-state index is -0.986. The van der Waals surface area contributed by atoms with E-state index in [1.807, 2.05) is 54.6 Å². The van der Waals surface area contributed by atoms with Crippen molar-refractivity contribution in [1.82, 2.24) is 9.88 Å². The van der Waals surface area contributed by atoms with E-state index >= 15 is 0 Å². The maximum atomic E-state index is 13.5. The van der Waals surface area contributed by atoms with Crippen molar-refractivity contribution < 1.29 is 19.1 Å². The van der Waals surface area contributed by atoms with E-state index in [9.17, 15) is 9.59 Å². The Morgan fingerprint density at radius 3 is 2.45 bits per heavy atom. The van der Waals surface area contributed by atoms with Crippen molar-refractivity contribution in [2.75, 3.05) is 18.4 Å². The van der Waals surface area contributed by atoms with Crippen molar-refractivity contribution >= 4 is 28.5 Å². The summed E-state index contributed by atoms with van der Waals surface area (Å²) in [4.78, 5) is 33.6. The van der Waals surface area contributed by atoms with Crippen molar-refractivity contribution in [2.24, 2.45) is 0 Å². The van der Waals surface area contributed by atoms with Crippen LogP contribution in [0.5, 0.6) is 11.5 Å². The lowest BCUT2D eigenvalue weighted by atomic mass is 9.95. The summed E-state index contributed by atoms with van der Waals surface area (Å²) in [6, 6.07) is 24.1. The van der Waals surface area contributed by atoms with Gasteiger partial charge in [0, 0.05) is 41.8 Å². The van der Waals surface area contributed by atoms with Gasteiger partial charge in [-0.1, -0.05) is 43.3 Å². The number of benzene rings is 3. The number of amides is 1. The zero-order valence-electron chi connectivity index (χ0n) is 21.6. The van der Waals surface area contributed by atoms with Gasteiger partial charge in [-0.15, -0.1) is 0 Å². The van der Waals surface area contributed by atoms with Crippen molar-refractivity contribution in [2.45, 2.75) is 39.3 Å². The predicted molar refractivity (Wildman–Crippen MR) is 147 cm³/mol. The highest BCUT2D eigenvalue weighted by Gasteiger charge is 2.28. The largest absolute Gasteiger partial charge is 0.457 e. The van der Waals surface area contributed by atoms with Crippen LogP contribution in [0.2, 0.25) is 0 Å². The number of nitrogens with one attached hydrogen (secondary N) is 1. The highest BCUT2D eigenvalue weighted by atomic mass is 16.5. The molecule has 2 heterocycles. The Balaban J connectivity index is 1.30.